The first-order valence-corrected chi connectivity index (χ1v) is 10.7. The monoisotopic (exact) mass is 505 g/mol. The molecule has 12 heteroatoms. The first-order chi connectivity index (χ1) is 16.7. The fourth-order valence-electron chi connectivity index (χ4n) is 3.16. The minimum absolute atomic E-state index is 0.0367. The molecule has 0 saturated carbocycles. The molecular formula is C23H19ClF3N5O3. The van der Waals surface area contributed by atoms with Crippen LogP contribution in [0.2, 0.25) is 5.02 Å². The van der Waals surface area contributed by atoms with Crippen molar-refractivity contribution in [2.24, 2.45) is 7.05 Å². The van der Waals surface area contributed by atoms with E-state index in [9.17, 15) is 18.0 Å². The van der Waals surface area contributed by atoms with Crippen molar-refractivity contribution < 1.29 is 22.6 Å². The van der Waals surface area contributed by atoms with Crippen LogP contribution in [-0.2, 0) is 26.2 Å². The second-order valence-electron chi connectivity index (χ2n) is 7.53. The van der Waals surface area contributed by atoms with Crippen LogP contribution in [0.25, 0.3) is 0 Å². The lowest BCUT2D eigenvalue weighted by atomic mass is 10.1. The standard InChI is InChI=1S/C23H19ClF3N5O3/c1-31-12-16(11-28-31)13-32-14-18(24)21(30-22(32)33)34-10-9-15-5-7-17(8-6-15)35-20-4-2-3-19(29-20)23(25,26)27/h2-8,11-12,14H,9-10,13H2,1H3. The molecule has 0 unspecified atom stereocenters. The third-order valence-corrected chi connectivity index (χ3v) is 5.08. The highest BCUT2D eigenvalue weighted by Crippen LogP contribution is 2.30. The molecule has 4 aromatic rings. The van der Waals surface area contributed by atoms with Crippen LogP contribution in [0, 0.1) is 0 Å². The number of pyridine rings is 1. The van der Waals surface area contributed by atoms with Crippen LogP contribution >= 0.6 is 11.6 Å². The van der Waals surface area contributed by atoms with Crippen LogP contribution in [-0.4, -0.2) is 30.9 Å². The molecule has 0 aliphatic heterocycles. The maximum Gasteiger partial charge on any atom is 0.433 e. The smallest absolute Gasteiger partial charge is 0.433 e. The van der Waals surface area contributed by atoms with E-state index in [0.717, 1.165) is 17.2 Å². The summed E-state index contributed by atoms with van der Waals surface area (Å²) in [7, 11) is 1.78. The highest BCUT2D eigenvalue weighted by Gasteiger charge is 2.32. The summed E-state index contributed by atoms with van der Waals surface area (Å²) in [5.74, 6) is 0.216. The van der Waals surface area contributed by atoms with Gasteiger partial charge in [-0.1, -0.05) is 29.8 Å². The fourth-order valence-corrected chi connectivity index (χ4v) is 3.37. The molecule has 0 bridgehead atoms. The number of alkyl halides is 3. The molecule has 0 aliphatic rings. The lowest BCUT2D eigenvalue weighted by molar-refractivity contribution is -0.141. The largest absolute Gasteiger partial charge is 0.476 e. The summed E-state index contributed by atoms with van der Waals surface area (Å²) < 4.78 is 52.4. The molecule has 3 heterocycles. The lowest BCUT2D eigenvalue weighted by Gasteiger charge is -2.10. The minimum Gasteiger partial charge on any atom is -0.476 e. The van der Waals surface area contributed by atoms with Crippen LogP contribution in [0.15, 0.2) is 65.8 Å². The third kappa shape index (κ3) is 6.38. The van der Waals surface area contributed by atoms with Crippen LogP contribution in [0.1, 0.15) is 16.8 Å². The van der Waals surface area contributed by atoms with E-state index in [1.807, 2.05) is 0 Å². The average Bonchev–Trinajstić information content (AvgIpc) is 3.22. The predicted molar refractivity (Wildman–Crippen MR) is 121 cm³/mol. The van der Waals surface area contributed by atoms with Crippen LogP contribution in [0.5, 0.6) is 17.5 Å². The first-order valence-electron chi connectivity index (χ1n) is 10.4. The van der Waals surface area contributed by atoms with Crippen molar-refractivity contribution in [3.8, 4) is 17.5 Å². The maximum absolute atomic E-state index is 12.8. The van der Waals surface area contributed by atoms with E-state index in [1.165, 1.54) is 22.9 Å². The van der Waals surface area contributed by atoms with Gasteiger partial charge in [-0.05, 0) is 23.8 Å². The molecule has 0 spiro atoms. The quantitative estimate of drug-likeness (QED) is 0.350. The van der Waals surface area contributed by atoms with E-state index in [1.54, 1.807) is 48.4 Å². The molecule has 1 aromatic carbocycles. The van der Waals surface area contributed by atoms with Crippen molar-refractivity contribution in [1.82, 2.24) is 24.3 Å². The van der Waals surface area contributed by atoms with Crippen molar-refractivity contribution in [2.45, 2.75) is 19.1 Å². The molecule has 0 fully saturated rings. The summed E-state index contributed by atoms with van der Waals surface area (Å²) in [6.07, 6.45) is 0.826. The second-order valence-corrected chi connectivity index (χ2v) is 7.94. The molecule has 8 nitrogen and oxygen atoms in total. The highest BCUT2D eigenvalue weighted by atomic mass is 35.5. The van der Waals surface area contributed by atoms with Crippen LogP contribution in [0.3, 0.4) is 0 Å². The Morgan fingerprint density at radius 1 is 1.03 bits per heavy atom. The van der Waals surface area contributed by atoms with Crippen LogP contribution in [0.4, 0.5) is 13.2 Å². The van der Waals surface area contributed by atoms with E-state index in [0.29, 0.717) is 12.2 Å². The molecule has 4 rings (SSSR count). The van der Waals surface area contributed by atoms with Crippen molar-refractivity contribution in [3.63, 3.8) is 0 Å². The zero-order valence-electron chi connectivity index (χ0n) is 18.4. The number of rotatable bonds is 8. The molecule has 0 radical (unpaired) electrons. The summed E-state index contributed by atoms with van der Waals surface area (Å²) in [6.45, 7) is 0.484. The number of hydrogen-bond acceptors (Lipinski definition) is 6. The summed E-state index contributed by atoms with van der Waals surface area (Å²) in [6, 6.07) is 10.2. The number of ether oxygens (including phenoxy) is 2. The number of nitrogens with zero attached hydrogens (tertiary/aromatic N) is 5. The summed E-state index contributed by atoms with van der Waals surface area (Å²) in [4.78, 5) is 19.7. The fraction of sp³-hybridized carbons (Fsp3) is 0.217. The number of aromatic nitrogens is 5. The van der Waals surface area contributed by atoms with E-state index in [-0.39, 0.29) is 29.9 Å². The first kappa shape index (κ1) is 24.3. The van der Waals surface area contributed by atoms with Crippen molar-refractivity contribution >= 4 is 11.6 Å². The van der Waals surface area contributed by atoms with E-state index in [2.05, 4.69) is 15.1 Å². The Bertz CT molecular complexity index is 1370. The van der Waals surface area contributed by atoms with Gasteiger partial charge in [0.15, 0.2) is 0 Å². The van der Waals surface area contributed by atoms with Crippen molar-refractivity contribution in [1.29, 1.82) is 0 Å². The SMILES string of the molecule is Cn1cc(Cn2cc(Cl)c(OCCc3ccc(Oc4cccc(C(F)(F)F)n4)cc3)nc2=O)cn1. The Morgan fingerprint density at radius 2 is 1.80 bits per heavy atom. The molecule has 0 aliphatic carbocycles. The van der Waals surface area contributed by atoms with Gasteiger partial charge in [-0.15, -0.1) is 0 Å². The third-order valence-electron chi connectivity index (χ3n) is 4.82. The van der Waals surface area contributed by atoms with Gasteiger partial charge in [-0.3, -0.25) is 9.25 Å². The van der Waals surface area contributed by atoms with Gasteiger partial charge in [0, 0.05) is 37.5 Å². The van der Waals surface area contributed by atoms with Crippen molar-refractivity contribution in [3.05, 3.63) is 93.4 Å². The molecule has 35 heavy (non-hydrogen) atoms. The normalized spacial score (nSPS) is 11.5. The van der Waals surface area contributed by atoms with Gasteiger partial charge < -0.3 is 9.47 Å². The molecule has 182 valence electrons. The topological polar surface area (TPSA) is 84.1 Å². The Labute approximate surface area is 202 Å². The molecule has 0 saturated heterocycles. The maximum atomic E-state index is 12.8. The van der Waals surface area contributed by atoms with Gasteiger partial charge in [-0.25, -0.2) is 9.78 Å². The van der Waals surface area contributed by atoms with Gasteiger partial charge >= 0.3 is 11.9 Å². The molecule has 0 N–H and O–H groups in total. The van der Waals surface area contributed by atoms with Gasteiger partial charge in [0.2, 0.25) is 11.8 Å². The Morgan fingerprint density at radius 3 is 2.49 bits per heavy atom. The van der Waals surface area contributed by atoms with Gasteiger partial charge in [-0.2, -0.15) is 23.3 Å². The van der Waals surface area contributed by atoms with Gasteiger partial charge in [0.1, 0.15) is 16.5 Å². The summed E-state index contributed by atoms with van der Waals surface area (Å²) in [5.41, 5.74) is 0.173. The Kier molecular flexibility index (Phi) is 7.06. The number of halogens is 4. The minimum atomic E-state index is -4.55. The zero-order valence-corrected chi connectivity index (χ0v) is 19.1. The van der Waals surface area contributed by atoms with Gasteiger partial charge in [0.25, 0.3) is 0 Å². The molecule has 3 aromatic heterocycles. The Balaban J connectivity index is 1.32. The van der Waals surface area contributed by atoms with E-state index in [4.69, 9.17) is 21.1 Å². The predicted octanol–water partition coefficient (Wildman–Crippen LogP) is 4.51. The lowest BCUT2D eigenvalue weighted by Crippen LogP contribution is -2.24. The van der Waals surface area contributed by atoms with Crippen LogP contribution < -0.4 is 15.2 Å². The van der Waals surface area contributed by atoms with Crippen molar-refractivity contribution in [2.75, 3.05) is 6.61 Å². The number of benzene rings is 1. The number of aryl methyl sites for hydroxylation is 1. The van der Waals surface area contributed by atoms with E-state index < -0.39 is 17.6 Å². The summed E-state index contributed by atoms with van der Waals surface area (Å²) >= 11 is 6.23. The molecular weight excluding hydrogens is 487 g/mol. The second kappa shape index (κ2) is 10.2. The highest BCUT2D eigenvalue weighted by molar-refractivity contribution is 6.31. The number of hydrogen-bond donors (Lipinski definition) is 0. The summed E-state index contributed by atoms with van der Waals surface area (Å²) in [5, 5.41) is 4.26. The average molecular weight is 506 g/mol. The molecule has 0 amide bonds. The zero-order chi connectivity index (χ0) is 25.0. The molecule has 0 atom stereocenters. The van der Waals surface area contributed by atoms with Gasteiger partial charge in [0.05, 0.1) is 19.3 Å². The van der Waals surface area contributed by atoms with E-state index >= 15 is 0 Å². The Hall–Kier alpha value is -3.86.